The van der Waals surface area contributed by atoms with Gasteiger partial charge in [-0.2, -0.15) is 0 Å². The molecule has 7 heteroatoms. The molecule has 0 bridgehead atoms. The van der Waals surface area contributed by atoms with Crippen LogP contribution >= 0.6 is 0 Å². The lowest BCUT2D eigenvalue weighted by molar-refractivity contribution is 0.102. The lowest BCUT2D eigenvalue weighted by Crippen LogP contribution is -2.12. The van der Waals surface area contributed by atoms with Crippen molar-refractivity contribution in [2.24, 2.45) is 0 Å². The van der Waals surface area contributed by atoms with Gasteiger partial charge in [-0.15, -0.1) is 0 Å². The van der Waals surface area contributed by atoms with E-state index in [1.807, 2.05) is 35.0 Å². The molecular formula is C21H15F2N3O2. The summed E-state index contributed by atoms with van der Waals surface area (Å²) in [5.41, 5.74) is 1.93. The molecule has 0 unspecified atom stereocenters. The van der Waals surface area contributed by atoms with Gasteiger partial charge < -0.3 is 14.5 Å². The van der Waals surface area contributed by atoms with Crippen LogP contribution in [0, 0.1) is 11.6 Å². The Hall–Kier alpha value is -3.74. The number of carbonyl (C=O) groups excluding carboxylic acids is 1. The molecule has 1 amide bonds. The van der Waals surface area contributed by atoms with E-state index in [1.165, 1.54) is 0 Å². The second-order valence-corrected chi connectivity index (χ2v) is 6.13. The van der Waals surface area contributed by atoms with Gasteiger partial charge in [0.1, 0.15) is 29.6 Å². The molecule has 0 saturated heterocycles. The third-order valence-corrected chi connectivity index (χ3v) is 4.02. The summed E-state index contributed by atoms with van der Waals surface area (Å²) in [6, 6.07) is 15.1. The van der Waals surface area contributed by atoms with Gasteiger partial charge in [-0.3, -0.25) is 4.79 Å². The molecule has 4 rings (SSSR count). The van der Waals surface area contributed by atoms with Crippen molar-refractivity contribution < 1.29 is 18.3 Å². The largest absolute Gasteiger partial charge is 0.487 e. The molecule has 28 heavy (non-hydrogen) atoms. The zero-order valence-electron chi connectivity index (χ0n) is 14.6. The number of nitrogens with zero attached hydrogens (tertiary/aromatic N) is 2. The van der Waals surface area contributed by atoms with Crippen molar-refractivity contribution in [1.82, 2.24) is 9.38 Å². The van der Waals surface area contributed by atoms with Crippen molar-refractivity contribution in [3.63, 3.8) is 0 Å². The zero-order chi connectivity index (χ0) is 19.5. The van der Waals surface area contributed by atoms with Gasteiger partial charge in [-0.05, 0) is 36.4 Å². The van der Waals surface area contributed by atoms with Crippen LogP contribution in [0.25, 0.3) is 5.65 Å². The molecule has 0 atom stereocenters. The average molecular weight is 379 g/mol. The Morgan fingerprint density at radius 2 is 1.86 bits per heavy atom. The summed E-state index contributed by atoms with van der Waals surface area (Å²) in [7, 11) is 0. The minimum atomic E-state index is -0.810. The minimum absolute atomic E-state index is 0.103. The molecule has 2 aromatic heterocycles. The molecule has 0 saturated carbocycles. The highest BCUT2D eigenvalue weighted by Crippen LogP contribution is 2.20. The van der Waals surface area contributed by atoms with Crippen LogP contribution in [0.15, 0.2) is 73.1 Å². The topological polar surface area (TPSA) is 55.6 Å². The van der Waals surface area contributed by atoms with Crippen molar-refractivity contribution in [2.75, 3.05) is 5.32 Å². The van der Waals surface area contributed by atoms with Crippen LogP contribution in [0.3, 0.4) is 0 Å². The van der Waals surface area contributed by atoms with Crippen molar-refractivity contribution in [2.45, 2.75) is 6.61 Å². The molecule has 0 radical (unpaired) electrons. The Morgan fingerprint density at radius 3 is 2.64 bits per heavy atom. The molecule has 1 N–H and O–H groups in total. The van der Waals surface area contributed by atoms with Crippen molar-refractivity contribution in [3.05, 3.63) is 95.9 Å². The van der Waals surface area contributed by atoms with E-state index in [0.717, 1.165) is 23.5 Å². The van der Waals surface area contributed by atoms with E-state index in [0.29, 0.717) is 17.5 Å². The van der Waals surface area contributed by atoms with E-state index < -0.39 is 17.5 Å². The second-order valence-electron chi connectivity index (χ2n) is 6.13. The van der Waals surface area contributed by atoms with E-state index >= 15 is 0 Å². The number of benzene rings is 2. The lowest BCUT2D eigenvalue weighted by atomic mass is 10.2. The van der Waals surface area contributed by atoms with Gasteiger partial charge in [-0.1, -0.05) is 12.1 Å². The summed E-state index contributed by atoms with van der Waals surface area (Å²) < 4.78 is 34.2. The fourth-order valence-electron chi connectivity index (χ4n) is 2.77. The monoisotopic (exact) mass is 379 g/mol. The van der Waals surface area contributed by atoms with Gasteiger partial charge in [0, 0.05) is 35.8 Å². The third kappa shape index (κ3) is 3.98. The van der Waals surface area contributed by atoms with Gasteiger partial charge in [0.2, 0.25) is 0 Å². The normalized spacial score (nSPS) is 10.8. The van der Waals surface area contributed by atoms with Crippen molar-refractivity contribution in [3.8, 4) is 5.75 Å². The number of anilines is 1. The van der Waals surface area contributed by atoms with E-state index in [9.17, 15) is 13.6 Å². The number of halogens is 2. The second kappa shape index (κ2) is 7.48. The first-order valence-electron chi connectivity index (χ1n) is 8.50. The van der Waals surface area contributed by atoms with E-state index in [2.05, 4.69) is 10.3 Å². The van der Waals surface area contributed by atoms with Crippen LogP contribution in [-0.4, -0.2) is 15.3 Å². The summed E-state index contributed by atoms with van der Waals surface area (Å²) in [4.78, 5) is 16.7. The first kappa shape index (κ1) is 17.7. The quantitative estimate of drug-likeness (QED) is 0.558. The predicted molar refractivity (Wildman–Crippen MR) is 100 cm³/mol. The summed E-state index contributed by atoms with van der Waals surface area (Å²) in [6.07, 6.45) is 3.77. The maximum Gasteiger partial charge on any atom is 0.255 e. The van der Waals surface area contributed by atoms with Gasteiger partial charge in [-0.25, -0.2) is 13.8 Å². The number of carbonyl (C=O) groups is 1. The van der Waals surface area contributed by atoms with Crippen molar-refractivity contribution >= 4 is 17.2 Å². The van der Waals surface area contributed by atoms with Crippen LogP contribution in [0.2, 0.25) is 0 Å². The number of imidazole rings is 1. The molecule has 2 heterocycles. The summed E-state index contributed by atoms with van der Waals surface area (Å²) in [5, 5.41) is 2.60. The fourth-order valence-corrected chi connectivity index (χ4v) is 2.77. The number of rotatable bonds is 5. The maximum absolute atomic E-state index is 13.3. The van der Waals surface area contributed by atoms with E-state index in [4.69, 9.17) is 4.74 Å². The van der Waals surface area contributed by atoms with Gasteiger partial charge in [0.15, 0.2) is 0 Å². The highest BCUT2D eigenvalue weighted by molar-refractivity contribution is 6.04. The molecule has 4 aromatic rings. The van der Waals surface area contributed by atoms with Crippen LogP contribution in [0.5, 0.6) is 5.75 Å². The molecular weight excluding hydrogens is 364 g/mol. The first-order valence-corrected chi connectivity index (χ1v) is 8.50. The number of nitrogens with one attached hydrogen (secondary N) is 1. The Kier molecular flexibility index (Phi) is 4.72. The lowest BCUT2D eigenvalue weighted by Gasteiger charge is -2.09. The average Bonchev–Trinajstić information content (AvgIpc) is 3.09. The molecule has 0 aliphatic rings. The fraction of sp³-hybridized carbons (Fsp3) is 0.0476. The van der Waals surface area contributed by atoms with E-state index in [-0.39, 0.29) is 12.2 Å². The summed E-state index contributed by atoms with van der Waals surface area (Å²) in [5.74, 6) is -1.71. The third-order valence-electron chi connectivity index (χ3n) is 4.02. The molecule has 0 aliphatic heterocycles. The number of fused-ring (bicyclic) bond motifs is 1. The molecule has 5 nitrogen and oxygen atoms in total. The zero-order valence-corrected chi connectivity index (χ0v) is 14.6. The number of ether oxygens (including phenoxy) is 1. The molecule has 2 aromatic carbocycles. The Morgan fingerprint density at radius 1 is 1.04 bits per heavy atom. The standard InChI is InChI=1S/C21H15F2N3O2/c22-15-8-14(9-16(23)10-15)21(27)25-17-4-3-5-19(11-17)28-13-18-12-26-7-2-1-6-20(26)24-18/h1-12H,13H2,(H,25,27). The number of amides is 1. The van der Waals surface area contributed by atoms with Crippen LogP contribution < -0.4 is 10.1 Å². The SMILES string of the molecule is O=C(Nc1cccc(OCc2cn3ccccc3n2)c1)c1cc(F)cc(F)c1. The van der Waals surface area contributed by atoms with Crippen molar-refractivity contribution in [1.29, 1.82) is 0 Å². The number of aromatic nitrogens is 2. The Bertz CT molecular complexity index is 1100. The number of hydrogen-bond acceptors (Lipinski definition) is 3. The Balaban J connectivity index is 1.44. The molecule has 140 valence electrons. The summed E-state index contributed by atoms with van der Waals surface area (Å²) in [6.45, 7) is 0.258. The number of pyridine rings is 1. The molecule has 0 fully saturated rings. The first-order chi connectivity index (χ1) is 13.6. The van der Waals surface area contributed by atoms with Gasteiger partial charge in [0.05, 0.1) is 5.69 Å². The number of hydrogen-bond donors (Lipinski definition) is 1. The predicted octanol–water partition coefficient (Wildman–Crippen LogP) is 4.44. The van der Waals surface area contributed by atoms with Gasteiger partial charge >= 0.3 is 0 Å². The summed E-state index contributed by atoms with van der Waals surface area (Å²) >= 11 is 0. The van der Waals surface area contributed by atoms with Crippen LogP contribution in [0.4, 0.5) is 14.5 Å². The highest BCUT2D eigenvalue weighted by Gasteiger charge is 2.10. The van der Waals surface area contributed by atoms with E-state index in [1.54, 1.807) is 24.3 Å². The van der Waals surface area contributed by atoms with Gasteiger partial charge in [0.25, 0.3) is 5.91 Å². The Labute approximate surface area is 159 Å². The minimum Gasteiger partial charge on any atom is -0.487 e. The van der Waals surface area contributed by atoms with Crippen LogP contribution in [0.1, 0.15) is 16.1 Å². The van der Waals surface area contributed by atoms with Crippen LogP contribution in [-0.2, 0) is 6.61 Å². The highest BCUT2D eigenvalue weighted by atomic mass is 19.1. The molecule has 0 aliphatic carbocycles. The maximum atomic E-state index is 13.3. The smallest absolute Gasteiger partial charge is 0.255 e. The molecule has 0 spiro atoms.